The summed E-state index contributed by atoms with van der Waals surface area (Å²) in [4.78, 5) is 7.25. The van der Waals surface area contributed by atoms with Crippen LogP contribution in [0.2, 0.25) is 0 Å². The zero-order chi connectivity index (χ0) is 21.2. The summed E-state index contributed by atoms with van der Waals surface area (Å²) in [6.07, 6.45) is 2.19. The van der Waals surface area contributed by atoms with Gasteiger partial charge in [-0.3, -0.25) is 0 Å². The third-order valence-electron chi connectivity index (χ3n) is 5.25. The number of nitrogens with one attached hydrogen (secondary N) is 2. The van der Waals surface area contributed by atoms with Crippen molar-refractivity contribution in [3.05, 3.63) is 54.1 Å². The third kappa shape index (κ3) is 6.05. The number of nitrogens with zero attached hydrogens (tertiary/aromatic N) is 2. The first kappa shape index (κ1) is 21.8. The Labute approximate surface area is 180 Å². The molecule has 2 N–H and O–H groups in total. The van der Waals surface area contributed by atoms with Gasteiger partial charge in [-0.05, 0) is 56.5 Å². The average Bonchev–Trinajstić information content (AvgIpc) is 2.79. The van der Waals surface area contributed by atoms with Gasteiger partial charge in [-0.2, -0.15) is 0 Å². The van der Waals surface area contributed by atoms with E-state index >= 15 is 0 Å². The Morgan fingerprint density at radius 3 is 2.50 bits per heavy atom. The highest BCUT2D eigenvalue weighted by Crippen LogP contribution is 2.28. The molecule has 30 heavy (non-hydrogen) atoms. The van der Waals surface area contributed by atoms with Crippen molar-refractivity contribution in [1.82, 2.24) is 10.6 Å². The zero-order valence-electron chi connectivity index (χ0n) is 18.4. The van der Waals surface area contributed by atoms with Crippen molar-refractivity contribution >= 4 is 11.6 Å². The Morgan fingerprint density at radius 2 is 1.83 bits per heavy atom. The smallest absolute Gasteiger partial charge is 0.191 e. The van der Waals surface area contributed by atoms with Crippen LogP contribution < -0.4 is 25.0 Å². The van der Waals surface area contributed by atoms with Crippen LogP contribution in [0.4, 0.5) is 5.69 Å². The molecule has 0 aliphatic carbocycles. The molecule has 3 rings (SSSR count). The lowest BCUT2D eigenvalue weighted by Crippen LogP contribution is -2.48. The molecule has 0 aromatic heterocycles. The van der Waals surface area contributed by atoms with E-state index in [0.717, 1.165) is 55.5 Å². The van der Waals surface area contributed by atoms with E-state index < -0.39 is 0 Å². The van der Waals surface area contributed by atoms with Crippen LogP contribution in [0.5, 0.6) is 11.5 Å². The quantitative estimate of drug-likeness (QED) is 0.512. The Morgan fingerprint density at radius 1 is 1.07 bits per heavy atom. The van der Waals surface area contributed by atoms with Gasteiger partial charge in [0.1, 0.15) is 0 Å². The van der Waals surface area contributed by atoms with Crippen LogP contribution in [0, 0.1) is 0 Å². The number of hydrogen-bond donors (Lipinski definition) is 2. The minimum atomic E-state index is 0.428. The fourth-order valence-corrected chi connectivity index (χ4v) is 3.69. The zero-order valence-corrected chi connectivity index (χ0v) is 18.4. The van der Waals surface area contributed by atoms with Crippen LogP contribution in [-0.4, -0.2) is 45.4 Å². The van der Waals surface area contributed by atoms with E-state index in [2.05, 4.69) is 52.8 Å². The Bertz CT molecular complexity index is 802. The second-order valence-electron chi connectivity index (χ2n) is 7.35. The Balaban J connectivity index is 1.58. The summed E-state index contributed by atoms with van der Waals surface area (Å²) in [6, 6.07) is 17.1. The van der Waals surface area contributed by atoms with Gasteiger partial charge in [0, 0.05) is 31.4 Å². The standard InChI is InChI=1S/C24H34N4O2/c1-4-25-24(26-18-19-11-12-22(29-3)23(17-19)30-5-2)27-20-13-15-28(16-14-20)21-9-7-6-8-10-21/h6-12,17,20H,4-5,13-16,18H2,1-3H3,(H2,25,26,27). The number of rotatable bonds is 8. The van der Waals surface area contributed by atoms with Gasteiger partial charge in [0.2, 0.25) is 0 Å². The van der Waals surface area contributed by atoms with E-state index in [0.29, 0.717) is 19.2 Å². The first-order chi connectivity index (χ1) is 14.7. The molecule has 0 atom stereocenters. The molecule has 1 fully saturated rings. The third-order valence-corrected chi connectivity index (χ3v) is 5.25. The maximum atomic E-state index is 5.68. The number of para-hydroxylation sites is 1. The number of methoxy groups -OCH3 is 1. The molecule has 162 valence electrons. The maximum Gasteiger partial charge on any atom is 0.191 e. The van der Waals surface area contributed by atoms with Crippen LogP contribution >= 0.6 is 0 Å². The van der Waals surface area contributed by atoms with Crippen molar-refractivity contribution in [2.24, 2.45) is 4.99 Å². The molecule has 1 aliphatic heterocycles. The molecule has 1 aliphatic rings. The summed E-state index contributed by atoms with van der Waals surface area (Å²) < 4.78 is 11.1. The molecular weight excluding hydrogens is 376 g/mol. The monoisotopic (exact) mass is 410 g/mol. The number of ether oxygens (including phenoxy) is 2. The van der Waals surface area contributed by atoms with Gasteiger partial charge < -0.3 is 25.0 Å². The normalized spacial score (nSPS) is 15.0. The largest absolute Gasteiger partial charge is 0.493 e. The van der Waals surface area contributed by atoms with Crippen molar-refractivity contribution in [3.63, 3.8) is 0 Å². The van der Waals surface area contributed by atoms with Gasteiger partial charge >= 0.3 is 0 Å². The first-order valence-electron chi connectivity index (χ1n) is 10.9. The summed E-state index contributed by atoms with van der Waals surface area (Å²) in [5.74, 6) is 2.38. The topological polar surface area (TPSA) is 58.1 Å². The van der Waals surface area contributed by atoms with Crippen LogP contribution in [0.15, 0.2) is 53.5 Å². The van der Waals surface area contributed by atoms with E-state index in [4.69, 9.17) is 14.5 Å². The highest BCUT2D eigenvalue weighted by Gasteiger charge is 2.20. The molecule has 0 radical (unpaired) electrons. The van der Waals surface area contributed by atoms with Crippen molar-refractivity contribution in [2.45, 2.75) is 39.3 Å². The van der Waals surface area contributed by atoms with E-state index in [9.17, 15) is 0 Å². The lowest BCUT2D eigenvalue weighted by molar-refractivity contribution is 0.310. The molecule has 0 amide bonds. The number of hydrogen-bond acceptors (Lipinski definition) is 4. The van der Waals surface area contributed by atoms with Gasteiger partial charge in [-0.25, -0.2) is 4.99 Å². The fraction of sp³-hybridized carbons (Fsp3) is 0.458. The summed E-state index contributed by atoms with van der Waals surface area (Å²) >= 11 is 0. The minimum Gasteiger partial charge on any atom is -0.493 e. The van der Waals surface area contributed by atoms with Gasteiger partial charge in [0.25, 0.3) is 0 Å². The van der Waals surface area contributed by atoms with Gasteiger partial charge in [0.05, 0.1) is 20.3 Å². The molecule has 0 spiro atoms. The number of benzene rings is 2. The number of aliphatic imine (C=N–C) groups is 1. The van der Waals surface area contributed by atoms with Crippen molar-refractivity contribution < 1.29 is 9.47 Å². The second-order valence-corrected chi connectivity index (χ2v) is 7.35. The molecule has 6 nitrogen and oxygen atoms in total. The molecule has 0 unspecified atom stereocenters. The molecule has 2 aromatic rings. The Kier molecular flexibility index (Phi) is 8.24. The maximum absolute atomic E-state index is 5.68. The van der Waals surface area contributed by atoms with Crippen molar-refractivity contribution in [2.75, 3.05) is 38.3 Å². The number of guanidine groups is 1. The molecular formula is C24H34N4O2. The minimum absolute atomic E-state index is 0.428. The summed E-state index contributed by atoms with van der Waals surface area (Å²) in [5, 5.41) is 6.99. The van der Waals surface area contributed by atoms with Crippen molar-refractivity contribution in [3.8, 4) is 11.5 Å². The highest BCUT2D eigenvalue weighted by molar-refractivity contribution is 5.80. The predicted octanol–water partition coefficient (Wildman–Crippen LogP) is 3.82. The molecule has 1 saturated heterocycles. The molecule has 6 heteroatoms. The highest BCUT2D eigenvalue weighted by atomic mass is 16.5. The van der Waals surface area contributed by atoms with Crippen LogP contribution in [0.25, 0.3) is 0 Å². The molecule has 1 heterocycles. The van der Waals surface area contributed by atoms with Gasteiger partial charge in [-0.1, -0.05) is 24.3 Å². The van der Waals surface area contributed by atoms with Crippen molar-refractivity contribution in [1.29, 1.82) is 0 Å². The van der Waals surface area contributed by atoms with Gasteiger partial charge in [0.15, 0.2) is 17.5 Å². The molecule has 0 bridgehead atoms. The lowest BCUT2D eigenvalue weighted by Gasteiger charge is -2.34. The summed E-state index contributed by atoms with van der Waals surface area (Å²) in [7, 11) is 1.66. The first-order valence-corrected chi connectivity index (χ1v) is 10.9. The molecule has 0 saturated carbocycles. The number of piperidine rings is 1. The predicted molar refractivity (Wildman–Crippen MR) is 124 cm³/mol. The number of anilines is 1. The average molecular weight is 411 g/mol. The summed E-state index contributed by atoms with van der Waals surface area (Å²) in [5.41, 5.74) is 2.40. The van der Waals surface area contributed by atoms with Crippen LogP contribution in [0.1, 0.15) is 32.3 Å². The van der Waals surface area contributed by atoms with E-state index in [-0.39, 0.29) is 0 Å². The van der Waals surface area contributed by atoms with E-state index in [1.165, 1.54) is 5.69 Å². The second kappa shape index (κ2) is 11.3. The Hall–Kier alpha value is -2.89. The lowest BCUT2D eigenvalue weighted by atomic mass is 10.0. The fourth-order valence-electron chi connectivity index (χ4n) is 3.69. The van der Waals surface area contributed by atoms with Gasteiger partial charge in [-0.15, -0.1) is 0 Å². The SMILES string of the molecule is CCNC(=NCc1ccc(OC)c(OCC)c1)NC1CCN(c2ccccc2)CC1. The summed E-state index contributed by atoms with van der Waals surface area (Å²) in [6.45, 7) is 8.20. The van der Waals surface area contributed by atoms with E-state index in [1.807, 2.05) is 25.1 Å². The van der Waals surface area contributed by atoms with Crippen LogP contribution in [-0.2, 0) is 6.54 Å². The van der Waals surface area contributed by atoms with Crippen LogP contribution in [0.3, 0.4) is 0 Å². The molecule has 2 aromatic carbocycles. The van der Waals surface area contributed by atoms with E-state index in [1.54, 1.807) is 7.11 Å².